The van der Waals surface area contributed by atoms with Crippen molar-refractivity contribution in [3.8, 4) is 0 Å². The van der Waals surface area contributed by atoms with Crippen LogP contribution in [0.2, 0.25) is 0 Å². The van der Waals surface area contributed by atoms with Crippen LogP contribution in [-0.2, 0) is 19.4 Å². The van der Waals surface area contributed by atoms with Crippen molar-refractivity contribution in [3.63, 3.8) is 0 Å². The number of hydrogen-bond acceptors (Lipinski definition) is 6. The van der Waals surface area contributed by atoms with Gasteiger partial charge in [-0.3, -0.25) is 4.79 Å². The molecule has 0 aromatic heterocycles. The molecule has 0 aliphatic carbocycles. The van der Waals surface area contributed by atoms with Gasteiger partial charge in [0.1, 0.15) is 5.82 Å². The van der Waals surface area contributed by atoms with Crippen LogP contribution in [0.15, 0.2) is 29.3 Å². The van der Waals surface area contributed by atoms with Crippen molar-refractivity contribution in [2.45, 2.75) is 30.6 Å². The van der Waals surface area contributed by atoms with Crippen LogP contribution in [0.25, 0.3) is 0 Å². The van der Waals surface area contributed by atoms with E-state index in [4.69, 9.17) is 0 Å². The number of aliphatic carboxylic acids is 1. The predicted octanol–water partition coefficient (Wildman–Crippen LogP) is 0.347. The molecule has 10 heteroatoms. The minimum atomic E-state index is -3.18. The largest absolute Gasteiger partial charge is 0.550 e. The van der Waals surface area contributed by atoms with Gasteiger partial charge in [-0.05, 0) is 37.1 Å². The average molecular weight is 399 g/mol. The molecule has 140 valence electrons. The molecule has 2 aliphatic heterocycles. The van der Waals surface area contributed by atoms with E-state index in [9.17, 15) is 27.5 Å². The number of carboxylic acids is 1. The van der Waals surface area contributed by atoms with Crippen LogP contribution in [0.5, 0.6) is 0 Å². The maximum atomic E-state index is 13.2. The molecule has 1 aromatic carbocycles. The first kappa shape index (κ1) is 18.8. The lowest BCUT2D eigenvalue weighted by Gasteiger charge is -2.24. The molecule has 2 aliphatic rings. The molecule has 1 amide bonds. The lowest BCUT2D eigenvalue weighted by Crippen LogP contribution is -2.37. The SMILES string of the molecule is O=C([O-])CCCC(=O)N=C1S[C@H]2CS(=O)(=O)C[C@H]2N1c1ccc(F)cc1. The van der Waals surface area contributed by atoms with Crippen molar-refractivity contribution >= 4 is 44.3 Å². The number of carbonyl (C=O) groups excluding carboxylic acids is 2. The van der Waals surface area contributed by atoms with Gasteiger partial charge in [0.05, 0.1) is 17.5 Å². The highest BCUT2D eigenvalue weighted by Gasteiger charge is 2.49. The van der Waals surface area contributed by atoms with Gasteiger partial charge in [-0.25, -0.2) is 12.8 Å². The zero-order chi connectivity index (χ0) is 18.9. The van der Waals surface area contributed by atoms with E-state index in [1.165, 1.54) is 36.0 Å². The second-order valence-corrected chi connectivity index (χ2v) is 9.52. The number of carbonyl (C=O) groups is 2. The highest BCUT2D eigenvalue weighted by atomic mass is 32.2. The molecule has 2 saturated heterocycles. The molecule has 0 spiro atoms. The minimum absolute atomic E-state index is 0.00206. The van der Waals surface area contributed by atoms with Crippen molar-refractivity contribution < 1.29 is 27.5 Å². The van der Waals surface area contributed by atoms with Gasteiger partial charge in [0.2, 0.25) is 5.91 Å². The molecular formula is C16H16FN2O5S2-. The summed E-state index contributed by atoms with van der Waals surface area (Å²) in [5.74, 6) is -2.19. The molecule has 2 heterocycles. The highest BCUT2D eigenvalue weighted by Crippen LogP contribution is 2.41. The minimum Gasteiger partial charge on any atom is -0.550 e. The fraction of sp³-hybridized carbons (Fsp3) is 0.438. The van der Waals surface area contributed by atoms with Crippen molar-refractivity contribution in [1.29, 1.82) is 0 Å². The summed E-state index contributed by atoms with van der Waals surface area (Å²) < 4.78 is 37.1. The number of rotatable bonds is 5. The first-order valence-corrected chi connectivity index (χ1v) is 10.7. The maximum absolute atomic E-state index is 13.2. The fourth-order valence-corrected chi connectivity index (χ4v) is 6.95. The number of carboxylic acid groups (broad SMARTS) is 1. The van der Waals surface area contributed by atoms with E-state index in [-0.39, 0.29) is 42.1 Å². The second-order valence-electron chi connectivity index (χ2n) is 6.16. The van der Waals surface area contributed by atoms with E-state index in [2.05, 4.69) is 4.99 Å². The molecule has 0 N–H and O–H groups in total. The average Bonchev–Trinajstić information content (AvgIpc) is 2.99. The summed E-state index contributed by atoms with van der Waals surface area (Å²) in [6, 6.07) is 5.18. The summed E-state index contributed by atoms with van der Waals surface area (Å²) in [4.78, 5) is 28.2. The first-order valence-electron chi connectivity index (χ1n) is 7.98. The Balaban J connectivity index is 1.84. The van der Waals surface area contributed by atoms with E-state index in [1.807, 2.05) is 0 Å². The monoisotopic (exact) mass is 399 g/mol. The van der Waals surface area contributed by atoms with Crippen molar-refractivity contribution in [2.75, 3.05) is 16.4 Å². The number of sulfone groups is 1. The molecule has 26 heavy (non-hydrogen) atoms. The number of aliphatic imine (C=N–C) groups is 1. The Labute approximate surface area is 154 Å². The Bertz CT molecular complexity index is 854. The van der Waals surface area contributed by atoms with Crippen LogP contribution in [0, 0.1) is 5.82 Å². The normalized spacial score (nSPS) is 25.4. The van der Waals surface area contributed by atoms with Gasteiger partial charge >= 0.3 is 0 Å². The number of fused-ring (bicyclic) bond motifs is 1. The van der Waals surface area contributed by atoms with Crippen LogP contribution >= 0.6 is 11.8 Å². The summed E-state index contributed by atoms with van der Waals surface area (Å²) in [6.07, 6.45) is -0.141. The lowest BCUT2D eigenvalue weighted by molar-refractivity contribution is -0.305. The molecule has 0 unspecified atom stereocenters. The van der Waals surface area contributed by atoms with Crippen LogP contribution in [-0.4, -0.2) is 48.3 Å². The van der Waals surface area contributed by atoms with E-state index >= 15 is 0 Å². The quantitative estimate of drug-likeness (QED) is 0.703. The third-order valence-corrected chi connectivity index (χ3v) is 7.37. The zero-order valence-corrected chi connectivity index (χ0v) is 15.3. The number of hydrogen-bond donors (Lipinski definition) is 0. The third-order valence-electron chi connectivity index (χ3n) is 4.16. The van der Waals surface area contributed by atoms with Gasteiger partial charge in [0.15, 0.2) is 15.0 Å². The molecular weight excluding hydrogens is 383 g/mol. The summed E-state index contributed by atoms with van der Waals surface area (Å²) >= 11 is 1.21. The summed E-state index contributed by atoms with van der Waals surface area (Å²) in [7, 11) is -3.18. The maximum Gasteiger partial charge on any atom is 0.248 e. The molecule has 0 saturated carbocycles. The number of thioether (sulfide) groups is 1. The number of anilines is 1. The highest BCUT2D eigenvalue weighted by molar-refractivity contribution is 8.16. The number of amidine groups is 1. The first-order chi connectivity index (χ1) is 12.2. The summed E-state index contributed by atoms with van der Waals surface area (Å²) in [5.41, 5.74) is 0.560. The van der Waals surface area contributed by atoms with Crippen LogP contribution in [0.1, 0.15) is 19.3 Å². The Hall–Kier alpha value is -1.94. The fourth-order valence-electron chi connectivity index (χ4n) is 3.01. The van der Waals surface area contributed by atoms with Gasteiger partial charge in [0.25, 0.3) is 0 Å². The second kappa shape index (κ2) is 7.36. The molecule has 2 fully saturated rings. The van der Waals surface area contributed by atoms with Crippen LogP contribution in [0.4, 0.5) is 10.1 Å². The van der Waals surface area contributed by atoms with Gasteiger partial charge in [-0.2, -0.15) is 4.99 Å². The van der Waals surface area contributed by atoms with E-state index in [1.54, 1.807) is 4.90 Å². The lowest BCUT2D eigenvalue weighted by atomic mass is 10.2. The summed E-state index contributed by atoms with van der Waals surface area (Å²) in [6.45, 7) is 0. The molecule has 0 bridgehead atoms. The molecule has 7 nitrogen and oxygen atoms in total. The number of nitrogens with zero attached hydrogens (tertiary/aromatic N) is 2. The summed E-state index contributed by atoms with van der Waals surface area (Å²) in [5, 5.41) is 10.5. The van der Waals surface area contributed by atoms with Gasteiger partial charge < -0.3 is 14.8 Å². The molecule has 3 rings (SSSR count). The zero-order valence-electron chi connectivity index (χ0n) is 13.6. The number of amides is 1. The Morgan fingerprint density at radius 1 is 1.23 bits per heavy atom. The number of halogens is 1. The Kier molecular flexibility index (Phi) is 5.33. The third kappa shape index (κ3) is 4.24. The Morgan fingerprint density at radius 3 is 2.58 bits per heavy atom. The van der Waals surface area contributed by atoms with Crippen LogP contribution in [0.3, 0.4) is 0 Å². The van der Waals surface area contributed by atoms with E-state index in [0.717, 1.165) is 0 Å². The van der Waals surface area contributed by atoms with Crippen molar-refractivity contribution in [1.82, 2.24) is 0 Å². The molecule has 2 atom stereocenters. The van der Waals surface area contributed by atoms with E-state index in [0.29, 0.717) is 10.9 Å². The topological polar surface area (TPSA) is 107 Å². The predicted molar refractivity (Wildman–Crippen MR) is 94.0 cm³/mol. The van der Waals surface area contributed by atoms with Gasteiger partial charge in [0, 0.05) is 23.3 Å². The Morgan fingerprint density at radius 2 is 1.92 bits per heavy atom. The van der Waals surface area contributed by atoms with Crippen molar-refractivity contribution in [2.24, 2.45) is 4.99 Å². The van der Waals surface area contributed by atoms with Crippen molar-refractivity contribution in [3.05, 3.63) is 30.1 Å². The molecule has 1 aromatic rings. The molecule has 0 radical (unpaired) electrons. The van der Waals surface area contributed by atoms with Crippen LogP contribution < -0.4 is 10.0 Å². The standard InChI is InChI=1S/C16H17FN2O5S2/c17-10-4-6-11(7-5-10)19-12-8-26(23,24)9-13(12)25-16(19)18-14(20)2-1-3-15(21)22/h4-7,12-13H,1-3,8-9H2,(H,21,22)/p-1/t12-,13+/m1/s1. The van der Waals surface area contributed by atoms with Gasteiger partial charge in [-0.1, -0.05) is 11.8 Å². The smallest absolute Gasteiger partial charge is 0.248 e. The van der Waals surface area contributed by atoms with E-state index < -0.39 is 27.5 Å². The number of benzene rings is 1. The van der Waals surface area contributed by atoms with Gasteiger partial charge in [-0.15, -0.1) is 0 Å².